The minimum Gasteiger partial charge on any atom is -0.466 e. The van der Waals surface area contributed by atoms with E-state index in [0.29, 0.717) is 38.4 Å². The van der Waals surface area contributed by atoms with Gasteiger partial charge in [-0.1, -0.05) is 105 Å². The number of rotatable bonds is 28. The maximum atomic E-state index is 13.0. The van der Waals surface area contributed by atoms with E-state index in [1.807, 2.05) is 6.92 Å². The zero-order valence-corrected chi connectivity index (χ0v) is 26.8. The van der Waals surface area contributed by atoms with Gasteiger partial charge < -0.3 is 18.9 Å². The zero-order valence-electron chi connectivity index (χ0n) is 26.8. The highest BCUT2D eigenvalue weighted by molar-refractivity contribution is 5.76. The molecule has 41 heavy (non-hydrogen) atoms. The van der Waals surface area contributed by atoms with Gasteiger partial charge in [0.2, 0.25) is 0 Å². The van der Waals surface area contributed by atoms with Gasteiger partial charge >= 0.3 is 17.9 Å². The molecule has 0 radical (unpaired) electrons. The first-order valence-corrected chi connectivity index (χ1v) is 16.4. The van der Waals surface area contributed by atoms with E-state index in [9.17, 15) is 19.2 Å². The van der Waals surface area contributed by atoms with Gasteiger partial charge in [0.25, 0.3) is 6.47 Å². The lowest BCUT2D eigenvalue weighted by atomic mass is 9.96. The molecule has 0 rings (SSSR count). The van der Waals surface area contributed by atoms with Crippen LogP contribution in [0.5, 0.6) is 0 Å². The number of hydrogen-bond acceptors (Lipinski definition) is 8. The third kappa shape index (κ3) is 22.2. The van der Waals surface area contributed by atoms with E-state index in [-0.39, 0.29) is 19.3 Å². The molecular formula is C33H60O8. The molecule has 240 valence electrons. The Balaban J connectivity index is 5.01. The monoisotopic (exact) mass is 584 g/mol. The van der Waals surface area contributed by atoms with Crippen LogP contribution in [0.3, 0.4) is 0 Å². The molecule has 0 fully saturated rings. The van der Waals surface area contributed by atoms with E-state index in [2.05, 4.69) is 27.7 Å². The summed E-state index contributed by atoms with van der Waals surface area (Å²) in [7, 11) is 0. The Kier molecular flexibility index (Phi) is 25.4. The molecule has 0 aromatic rings. The Hall–Kier alpha value is -2.12. The largest absolute Gasteiger partial charge is 0.466 e. The summed E-state index contributed by atoms with van der Waals surface area (Å²) in [5.41, 5.74) is 0. The summed E-state index contributed by atoms with van der Waals surface area (Å²) >= 11 is 0. The maximum Gasteiger partial charge on any atom is 0.306 e. The smallest absolute Gasteiger partial charge is 0.306 e. The van der Waals surface area contributed by atoms with Crippen molar-refractivity contribution in [3.05, 3.63) is 0 Å². The minimum atomic E-state index is -0.596. The fourth-order valence-electron chi connectivity index (χ4n) is 4.75. The van der Waals surface area contributed by atoms with Gasteiger partial charge in [0, 0.05) is 19.3 Å². The van der Waals surface area contributed by atoms with Crippen LogP contribution in [0, 0.1) is 11.8 Å². The zero-order chi connectivity index (χ0) is 30.7. The average Bonchev–Trinajstić information content (AvgIpc) is 2.94. The van der Waals surface area contributed by atoms with Crippen LogP contribution in [0.25, 0.3) is 0 Å². The standard InChI is InChI=1S/C33H60O8/c1-6-10-12-14-16-18-20-38-31(35)23-28(24-32(36)39-21-19-17-15-13-11-7-2)25-33(37)41-29(9-4)30(40-26-34)22-27(5)8-3/h26-30H,6-25H2,1-5H3. The highest BCUT2D eigenvalue weighted by Crippen LogP contribution is 2.22. The van der Waals surface area contributed by atoms with Crippen LogP contribution < -0.4 is 0 Å². The van der Waals surface area contributed by atoms with Crippen molar-refractivity contribution >= 4 is 24.4 Å². The van der Waals surface area contributed by atoms with Crippen LogP contribution in [0.4, 0.5) is 0 Å². The molecule has 0 saturated heterocycles. The lowest BCUT2D eigenvalue weighted by Crippen LogP contribution is -2.35. The van der Waals surface area contributed by atoms with E-state index < -0.39 is 36.0 Å². The van der Waals surface area contributed by atoms with Crippen LogP contribution in [-0.4, -0.2) is 49.8 Å². The number of carbonyl (C=O) groups is 4. The normalized spacial score (nSPS) is 13.3. The second kappa shape index (κ2) is 26.8. The number of unbranched alkanes of at least 4 members (excludes halogenated alkanes) is 10. The van der Waals surface area contributed by atoms with Crippen LogP contribution >= 0.6 is 0 Å². The molecule has 0 aliphatic carbocycles. The van der Waals surface area contributed by atoms with Crippen LogP contribution in [0.2, 0.25) is 0 Å². The van der Waals surface area contributed by atoms with E-state index in [4.69, 9.17) is 18.9 Å². The van der Waals surface area contributed by atoms with Gasteiger partial charge in [-0.05, 0) is 37.5 Å². The molecule has 0 amide bonds. The SMILES string of the molecule is CCCCCCCCOC(=O)CC(CC(=O)OCCCCCCCC)CC(=O)OC(CC)C(CC(C)CC)OC=O. The molecule has 0 aromatic carbocycles. The van der Waals surface area contributed by atoms with Gasteiger partial charge in [-0.3, -0.25) is 19.2 Å². The highest BCUT2D eigenvalue weighted by Gasteiger charge is 2.29. The quantitative estimate of drug-likeness (QED) is 0.0396. The molecule has 0 spiro atoms. The predicted molar refractivity (Wildman–Crippen MR) is 161 cm³/mol. The topological polar surface area (TPSA) is 105 Å². The van der Waals surface area contributed by atoms with E-state index in [1.165, 1.54) is 38.5 Å². The molecule has 8 heteroatoms. The molecule has 0 aliphatic rings. The summed E-state index contributed by atoms with van der Waals surface area (Å²) in [6, 6.07) is 0. The van der Waals surface area contributed by atoms with Crippen molar-refractivity contribution in [2.75, 3.05) is 13.2 Å². The van der Waals surface area contributed by atoms with Crippen molar-refractivity contribution in [1.29, 1.82) is 0 Å². The molecule has 0 N–H and O–H groups in total. The van der Waals surface area contributed by atoms with Crippen LogP contribution in [0.1, 0.15) is 150 Å². The van der Waals surface area contributed by atoms with Gasteiger partial charge in [0.15, 0.2) is 0 Å². The molecule has 3 unspecified atom stereocenters. The molecule has 0 aromatic heterocycles. The third-order valence-corrected chi connectivity index (χ3v) is 7.55. The van der Waals surface area contributed by atoms with E-state index in [0.717, 1.165) is 44.9 Å². The molecular weight excluding hydrogens is 524 g/mol. The molecule has 0 aliphatic heterocycles. The van der Waals surface area contributed by atoms with Crippen molar-refractivity contribution in [3.8, 4) is 0 Å². The maximum absolute atomic E-state index is 13.0. The molecule has 3 atom stereocenters. The molecule has 8 nitrogen and oxygen atoms in total. The predicted octanol–water partition coefficient (Wildman–Crippen LogP) is 7.88. The van der Waals surface area contributed by atoms with Crippen molar-refractivity contribution in [3.63, 3.8) is 0 Å². The van der Waals surface area contributed by atoms with E-state index in [1.54, 1.807) is 0 Å². The Morgan fingerprint density at radius 3 is 1.51 bits per heavy atom. The lowest BCUT2D eigenvalue weighted by Gasteiger charge is -2.27. The molecule has 0 bridgehead atoms. The first-order chi connectivity index (χ1) is 19.8. The van der Waals surface area contributed by atoms with Crippen LogP contribution in [0.15, 0.2) is 0 Å². The highest BCUT2D eigenvalue weighted by atomic mass is 16.6. The first kappa shape index (κ1) is 38.9. The lowest BCUT2D eigenvalue weighted by molar-refractivity contribution is -0.164. The Bertz CT molecular complexity index is 648. The summed E-state index contributed by atoms with van der Waals surface area (Å²) < 4.78 is 21.8. The number of ether oxygens (including phenoxy) is 4. The van der Waals surface area contributed by atoms with Gasteiger partial charge in [-0.15, -0.1) is 0 Å². The second-order valence-corrected chi connectivity index (χ2v) is 11.4. The summed E-state index contributed by atoms with van der Waals surface area (Å²) in [5, 5.41) is 0. The van der Waals surface area contributed by atoms with Gasteiger partial charge in [0.05, 0.1) is 13.2 Å². The third-order valence-electron chi connectivity index (χ3n) is 7.55. The summed E-state index contributed by atoms with van der Waals surface area (Å²) in [4.78, 5) is 49.2. The van der Waals surface area contributed by atoms with Gasteiger partial charge in [-0.25, -0.2) is 0 Å². The summed E-state index contributed by atoms with van der Waals surface area (Å²) in [6.45, 7) is 11.4. The Labute approximate surface area is 250 Å². The molecule has 0 saturated carbocycles. The fraction of sp³-hybridized carbons (Fsp3) is 0.879. The first-order valence-electron chi connectivity index (χ1n) is 16.4. The number of esters is 3. The second-order valence-electron chi connectivity index (χ2n) is 11.4. The van der Waals surface area contributed by atoms with Crippen molar-refractivity contribution in [2.45, 2.75) is 162 Å². The average molecular weight is 585 g/mol. The Morgan fingerprint density at radius 2 is 1.07 bits per heavy atom. The van der Waals surface area contributed by atoms with Gasteiger partial charge in [-0.2, -0.15) is 0 Å². The summed E-state index contributed by atoms with van der Waals surface area (Å²) in [6.07, 6.45) is 13.6. The number of hydrogen-bond donors (Lipinski definition) is 0. The van der Waals surface area contributed by atoms with Crippen molar-refractivity contribution < 1.29 is 38.1 Å². The van der Waals surface area contributed by atoms with E-state index >= 15 is 0 Å². The fourth-order valence-corrected chi connectivity index (χ4v) is 4.75. The molecule has 0 heterocycles. The summed E-state index contributed by atoms with van der Waals surface area (Å²) in [5.74, 6) is -1.67. The van der Waals surface area contributed by atoms with Crippen molar-refractivity contribution in [2.24, 2.45) is 11.8 Å². The number of carbonyl (C=O) groups excluding carboxylic acids is 4. The van der Waals surface area contributed by atoms with Gasteiger partial charge in [0.1, 0.15) is 12.2 Å². The van der Waals surface area contributed by atoms with Crippen LogP contribution in [-0.2, 0) is 38.1 Å². The van der Waals surface area contributed by atoms with Crippen molar-refractivity contribution in [1.82, 2.24) is 0 Å². The minimum absolute atomic E-state index is 0.0605. The Morgan fingerprint density at radius 1 is 0.610 bits per heavy atom.